The molecule has 3 rings (SSSR count). The molecule has 5 N–H and O–H groups in total. The molecular weight excluding hydrogens is 553 g/mol. The predicted molar refractivity (Wildman–Crippen MR) is 133 cm³/mol. The molecule has 0 radical (unpaired) electrons. The van der Waals surface area contributed by atoms with Crippen LogP contribution in [0.25, 0.3) is 0 Å². The van der Waals surface area contributed by atoms with E-state index >= 15 is 0 Å². The zero-order chi connectivity index (χ0) is 28.3. The van der Waals surface area contributed by atoms with E-state index in [4.69, 9.17) is 22.4 Å². The minimum atomic E-state index is -5.05. The van der Waals surface area contributed by atoms with Crippen LogP contribution in [0.4, 0.5) is 23.7 Å². The number of likely N-dealkylation sites (tertiary alicyclic amines) is 1. The lowest BCUT2D eigenvalue weighted by Crippen LogP contribution is -2.36. The van der Waals surface area contributed by atoms with Crippen molar-refractivity contribution in [3.63, 3.8) is 0 Å². The second kappa shape index (κ2) is 11.7. The minimum Gasteiger partial charge on any atom is -0.465 e. The van der Waals surface area contributed by atoms with Gasteiger partial charge in [0.25, 0.3) is 5.91 Å². The van der Waals surface area contributed by atoms with Gasteiger partial charge >= 0.3 is 12.5 Å². The number of ether oxygens (including phenoxy) is 1. The first-order chi connectivity index (χ1) is 17.7. The van der Waals surface area contributed by atoms with E-state index in [1.54, 1.807) is 4.90 Å². The van der Waals surface area contributed by atoms with Crippen LogP contribution >= 0.6 is 11.6 Å². The maximum absolute atomic E-state index is 13.2. The molecule has 0 spiro atoms. The van der Waals surface area contributed by atoms with Crippen LogP contribution in [-0.2, 0) is 22.9 Å². The van der Waals surface area contributed by atoms with Crippen LogP contribution in [0, 0.1) is 0 Å². The van der Waals surface area contributed by atoms with Crippen LogP contribution in [0.15, 0.2) is 35.2 Å². The highest BCUT2D eigenvalue weighted by atomic mass is 35.5. The van der Waals surface area contributed by atoms with E-state index in [-0.39, 0.29) is 63.7 Å². The summed E-state index contributed by atoms with van der Waals surface area (Å²) < 4.78 is 68.4. The van der Waals surface area contributed by atoms with Gasteiger partial charge in [0.2, 0.25) is 0 Å². The number of benzene rings is 2. The molecular formula is C23H26ClF3N4O6S. The maximum Gasteiger partial charge on any atom is 0.573 e. The molecule has 15 heteroatoms. The first-order valence-corrected chi connectivity index (χ1v) is 13.4. The number of carbonyl (C=O) groups excluding carboxylic acids is 1. The summed E-state index contributed by atoms with van der Waals surface area (Å²) in [6.45, 7) is 1.83. The number of anilines is 1. The van der Waals surface area contributed by atoms with Crippen molar-refractivity contribution in [2.45, 2.75) is 43.7 Å². The van der Waals surface area contributed by atoms with Crippen LogP contribution < -0.4 is 21.1 Å². The summed E-state index contributed by atoms with van der Waals surface area (Å²) in [5.41, 5.74) is 5.84. The summed E-state index contributed by atoms with van der Waals surface area (Å²) in [6, 6.07) is 5.77. The summed E-state index contributed by atoms with van der Waals surface area (Å²) in [5.74, 6) is -1.68. The second-order valence-electron chi connectivity index (χ2n) is 8.60. The van der Waals surface area contributed by atoms with E-state index < -0.39 is 33.9 Å². The van der Waals surface area contributed by atoms with Gasteiger partial charge in [-0.2, -0.15) is 0 Å². The fourth-order valence-corrected chi connectivity index (χ4v) is 5.42. The molecule has 1 aliphatic heterocycles. The van der Waals surface area contributed by atoms with E-state index in [1.807, 2.05) is 0 Å². The van der Waals surface area contributed by atoms with Gasteiger partial charge in [-0.3, -0.25) is 9.69 Å². The van der Waals surface area contributed by atoms with Gasteiger partial charge in [0.05, 0.1) is 16.2 Å². The lowest BCUT2D eigenvalue weighted by atomic mass is 10.1. The third-order valence-electron chi connectivity index (χ3n) is 5.87. The number of hydrogen-bond acceptors (Lipinski definition) is 7. The lowest BCUT2D eigenvalue weighted by molar-refractivity contribution is -0.275. The highest BCUT2D eigenvalue weighted by Crippen LogP contribution is 2.32. The average Bonchev–Trinajstić information content (AvgIpc) is 3.24. The molecule has 0 aromatic heterocycles. The topological polar surface area (TPSA) is 151 Å². The van der Waals surface area contributed by atoms with Crippen molar-refractivity contribution in [3.8, 4) is 5.75 Å². The number of carboxylic acid groups (broad SMARTS) is 1. The molecule has 2 amide bonds. The molecule has 1 fully saturated rings. The first-order valence-electron chi connectivity index (χ1n) is 11.4. The van der Waals surface area contributed by atoms with E-state index in [2.05, 4.69) is 15.4 Å². The third-order valence-corrected chi connectivity index (χ3v) is 7.94. The molecule has 2 aromatic carbocycles. The molecule has 0 unspecified atom stereocenters. The number of sulfone groups is 1. The second-order valence-corrected chi connectivity index (χ2v) is 11.3. The smallest absolute Gasteiger partial charge is 0.465 e. The Hall–Kier alpha value is -3.23. The quantitative estimate of drug-likeness (QED) is 0.331. The van der Waals surface area contributed by atoms with E-state index in [1.165, 1.54) is 31.2 Å². The van der Waals surface area contributed by atoms with Gasteiger partial charge in [0, 0.05) is 48.5 Å². The van der Waals surface area contributed by atoms with Crippen molar-refractivity contribution in [1.82, 2.24) is 15.5 Å². The highest BCUT2D eigenvalue weighted by Gasteiger charge is 2.34. The monoisotopic (exact) mass is 578 g/mol. The summed E-state index contributed by atoms with van der Waals surface area (Å²) >= 11 is 5.98. The predicted octanol–water partition coefficient (Wildman–Crippen LogP) is 3.39. The zero-order valence-corrected chi connectivity index (χ0v) is 21.7. The normalized spacial score (nSPS) is 16.3. The Bertz CT molecular complexity index is 1320. The Labute approximate surface area is 221 Å². The van der Waals surface area contributed by atoms with Crippen molar-refractivity contribution in [2.24, 2.45) is 0 Å². The Balaban J connectivity index is 1.84. The van der Waals surface area contributed by atoms with Gasteiger partial charge in [-0.05, 0) is 42.3 Å². The third kappa shape index (κ3) is 7.65. The van der Waals surface area contributed by atoms with Crippen LogP contribution in [0.5, 0.6) is 5.75 Å². The summed E-state index contributed by atoms with van der Waals surface area (Å²) in [6.07, 6.45) is -5.78. The standard InChI is InChI=1S/C23H26ClF3N4O6S/c1-2-38(35,36)20-4-3-15(24)7-13(20)10-29-21(32)17-9-19(37-23(25,26)27)14(8-18(17)28)11-31-6-5-16(12-31)30-22(33)34/h3-4,7-9,16,30H,2,5-6,10-12,28H2,1H3,(H,29,32)(H,33,34)/t16-/m1/s1. The van der Waals surface area contributed by atoms with Crippen LogP contribution in [0.1, 0.15) is 34.8 Å². The van der Waals surface area contributed by atoms with Gasteiger partial charge < -0.3 is 26.2 Å². The van der Waals surface area contributed by atoms with Gasteiger partial charge in [0.15, 0.2) is 9.84 Å². The van der Waals surface area contributed by atoms with Gasteiger partial charge in [-0.15, -0.1) is 13.2 Å². The number of nitrogens with one attached hydrogen (secondary N) is 2. The molecule has 0 saturated carbocycles. The highest BCUT2D eigenvalue weighted by molar-refractivity contribution is 7.91. The van der Waals surface area contributed by atoms with Crippen molar-refractivity contribution < 1.29 is 41.0 Å². The summed E-state index contributed by atoms with van der Waals surface area (Å²) in [5, 5.41) is 13.9. The molecule has 1 atom stereocenters. The molecule has 0 bridgehead atoms. The van der Waals surface area contributed by atoms with Crippen molar-refractivity contribution in [3.05, 3.63) is 52.0 Å². The number of hydrogen-bond donors (Lipinski definition) is 4. The Morgan fingerprint density at radius 3 is 2.58 bits per heavy atom. The lowest BCUT2D eigenvalue weighted by Gasteiger charge is -2.21. The number of alkyl halides is 3. The minimum absolute atomic E-state index is 0.0317. The maximum atomic E-state index is 13.2. The number of carbonyl (C=O) groups is 2. The van der Waals surface area contributed by atoms with Gasteiger partial charge in [0.1, 0.15) is 5.75 Å². The molecule has 1 aliphatic rings. The number of nitrogens with two attached hydrogens (primary N) is 1. The first kappa shape index (κ1) is 29.3. The Morgan fingerprint density at radius 1 is 1.24 bits per heavy atom. The molecule has 1 heterocycles. The van der Waals surface area contributed by atoms with Crippen molar-refractivity contribution >= 4 is 39.1 Å². The number of amides is 2. The molecule has 208 valence electrons. The van der Waals surface area contributed by atoms with E-state index in [0.29, 0.717) is 13.0 Å². The van der Waals surface area contributed by atoms with Crippen molar-refractivity contribution in [2.75, 3.05) is 24.6 Å². The fraction of sp³-hybridized carbons (Fsp3) is 0.391. The van der Waals surface area contributed by atoms with Crippen LogP contribution in [0.2, 0.25) is 5.02 Å². The van der Waals surface area contributed by atoms with Gasteiger partial charge in [-0.1, -0.05) is 18.5 Å². The van der Waals surface area contributed by atoms with Crippen molar-refractivity contribution in [1.29, 1.82) is 0 Å². The number of rotatable bonds is 9. The van der Waals surface area contributed by atoms with E-state index in [0.717, 1.165) is 6.07 Å². The molecule has 1 saturated heterocycles. The van der Waals surface area contributed by atoms with Gasteiger partial charge in [-0.25, -0.2) is 13.2 Å². The zero-order valence-electron chi connectivity index (χ0n) is 20.1. The summed E-state index contributed by atoms with van der Waals surface area (Å²) in [7, 11) is -3.64. The molecule has 38 heavy (non-hydrogen) atoms. The fourth-order valence-electron chi connectivity index (χ4n) is 4.11. The molecule has 2 aromatic rings. The largest absolute Gasteiger partial charge is 0.573 e. The average molecular weight is 579 g/mol. The molecule has 10 nitrogen and oxygen atoms in total. The van der Waals surface area contributed by atoms with E-state index in [9.17, 15) is 31.2 Å². The number of halogens is 4. The SMILES string of the molecule is CCS(=O)(=O)c1ccc(Cl)cc1CNC(=O)c1cc(OC(F)(F)F)c(CN2CC[C@@H](NC(=O)O)C2)cc1N. The summed E-state index contributed by atoms with van der Waals surface area (Å²) in [4.78, 5) is 25.4. The Kier molecular flexibility index (Phi) is 9.00. The number of nitrogens with zero attached hydrogens (tertiary/aromatic N) is 1. The van der Waals surface area contributed by atoms with Crippen LogP contribution in [0.3, 0.4) is 0 Å². The number of nitrogen functional groups attached to an aromatic ring is 1. The Morgan fingerprint density at radius 2 is 1.95 bits per heavy atom. The molecule has 0 aliphatic carbocycles. The van der Waals surface area contributed by atoms with Crippen LogP contribution in [-0.4, -0.2) is 61.7 Å².